The molecule has 4 aromatic heterocycles. The molecule has 0 radical (unpaired) electrons. The fourth-order valence-electron chi connectivity index (χ4n) is 4.57. The number of nitrogens with one attached hydrogen (secondary N) is 2. The van der Waals surface area contributed by atoms with Gasteiger partial charge in [0.2, 0.25) is 5.95 Å². The van der Waals surface area contributed by atoms with Gasteiger partial charge in [0.05, 0.1) is 22.8 Å². The lowest BCUT2D eigenvalue weighted by atomic mass is 10.0. The van der Waals surface area contributed by atoms with Crippen molar-refractivity contribution in [2.24, 2.45) is 5.73 Å². The first-order valence-corrected chi connectivity index (χ1v) is 11.8. The number of primary amides is 1. The van der Waals surface area contributed by atoms with Crippen LogP contribution in [0.1, 0.15) is 35.9 Å². The number of imidazole rings is 1. The maximum atomic E-state index is 12.1. The highest BCUT2D eigenvalue weighted by Crippen LogP contribution is 2.31. The predicted octanol–water partition coefficient (Wildman–Crippen LogP) is 3.67. The lowest BCUT2D eigenvalue weighted by molar-refractivity contribution is 0.100. The maximum absolute atomic E-state index is 12.1. The Morgan fingerprint density at radius 2 is 1.91 bits per heavy atom. The van der Waals surface area contributed by atoms with Crippen LogP contribution in [0, 0.1) is 0 Å². The van der Waals surface area contributed by atoms with Gasteiger partial charge in [-0.25, -0.2) is 14.5 Å². The number of nitrogens with two attached hydrogens (primary N) is 1. The Morgan fingerprint density at radius 3 is 2.66 bits per heavy atom. The third-order valence-electron chi connectivity index (χ3n) is 6.36. The van der Waals surface area contributed by atoms with Crippen LogP contribution in [0.2, 0.25) is 0 Å². The SMILES string of the molecule is CCc1ncc2c(-c3ccc(Nc4nc5nc(N6CCCC6)ccc5[nH]4)cc3)c(C(N)=O)cn2n1. The summed E-state index contributed by atoms with van der Waals surface area (Å²) in [6.07, 6.45) is 6.51. The first-order chi connectivity index (χ1) is 17.1. The van der Waals surface area contributed by atoms with Crippen molar-refractivity contribution < 1.29 is 4.79 Å². The van der Waals surface area contributed by atoms with Crippen LogP contribution in [0.25, 0.3) is 27.8 Å². The topological polar surface area (TPSA) is 130 Å². The second kappa shape index (κ2) is 8.39. The van der Waals surface area contributed by atoms with Gasteiger partial charge in [-0.1, -0.05) is 19.1 Å². The number of pyridine rings is 1. The van der Waals surface area contributed by atoms with Crippen molar-refractivity contribution >= 4 is 40.0 Å². The number of nitrogens with zero attached hydrogens (tertiary/aromatic N) is 6. The molecule has 10 heteroatoms. The van der Waals surface area contributed by atoms with Gasteiger partial charge in [-0.3, -0.25) is 4.79 Å². The number of amides is 1. The zero-order chi connectivity index (χ0) is 23.9. The number of H-pyrrole nitrogens is 1. The summed E-state index contributed by atoms with van der Waals surface area (Å²) in [6.45, 7) is 4.07. The molecule has 176 valence electrons. The number of carbonyl (C=O) groups is 1. The molecule has 0 aliphatic carbocycles. The molecular formula is C25H25N9O. The van der Waals surface area contributed by atoms with Gasteiger partial charge in [0.15, 0.2) is 5.65 Å². The molecule has 5 aromatic rings. The number of rotatable bonds is 6. The fourth-order valence-corrected chi connectivity index (χ4v) is 4.57. The molecule has 0 bridgehead atoms. The summed E-state index contributed by atoms with van der Waals surface area (Å²) in [5.41, 5.74) is 10.8. The van der Waals surface area contributed by atoms with Gasteiger partial charge in [-0.2, -0.15) is 10.1 Å². The first kappa shape index (κ1) is 21.1. The molecule has 1 aromatic carbocycles. The number of carbonyl (C=O) groups excluding carboxylic acids is 1. The maximum Gasteiger partial charge on any atom is 0.250 e. The molecule has 1 saturated heterocycles. The summed E-state index contributed by atoms with van der Waals surface area (Å²) in [7, 11) is 0. The highest BCUT2D eigenvalue weighted by molar-refractivity contribution is 6.04. The fraction of sp³-hybridized carbons (Fsp3) is 0.240. The molecule has 5 heterocycles. The van der Waals surface area contributed by atoms with Crippen molar-refractivity contribution in [1.29, 1.82) is 0 Å². The van der Waals surface area contributed by atoms with Crippen molar-refractivity contribution in [2.45, 2.75) is 26.2 Å². The highest BCUT2D eigenvalue weighted by atomic mass is 16.1. The van der Waals surface area contributed by atoms with E-state index in [0.29, 0.717) is 35.0 Å². The Labute approximate surface area is 201 Å². The Kier molecular flexibility index (Phi) is 5.05. The molecule has 6 rings (SSSR count). The van der Waals surface area contributed by atoms with Crippen molar-refractivity contribution in [3.63, 3.8) is 0 Å². The highest BCUT2D eigenvalue weighted by Gasteiger charge is 2.19. The number of hydrogen-bond donors (Lipinski definition) is 3. The average molecular weight is 468 g/mol. The van der Waals surface area contributed by atoms with E-state index in [4.69, 9.17) is 10.7 Å². The Morgan fingerprint density at radius 1 is 1.11 bits per heavy atom. The zero-order valence-electron chi connectivity index (χ0n) is 19.3. The van der Waals surface area contributed by atoms with Crippen LogP contribution < -0.4 is 16.0 Å². The quantitative estimate of drug-likeness (QED) is 0.347. The number of hydrogen-bond acceptors (Lipinski definition) is 7. The molecule has 4 N–H and O–H groups in total. The van der Waals surface area contributed by atoms with Gasteiger partial charge in [-0.15, -0.1) is 0 Å². The van der Waals surface area contributed by atoms with E-state index in [1.807, 2.05) is 43.3 Å². The average Bonchev–Trinajstić information content (AvgIpc) is 3.61. The van der Waals surface area contributed by atoms with Crippen LogP contribution in [-0.4, -0.2) is 48.5 Å². The second-order valence-corrected chi connectivity index (χ2v) is 8.66. The molecule has 1 fully saturated rings. The van der Waals surface area contributed by atoms with Gasteiger partial charge in [0.1, 0.15) is 11.6 Å². The minimum absolute atomic E-state index is 0.408. The van der Waals surface area contributed by atoms with E-state index < -0.39 is 5.91 Å². The van der Waals surface area contributed by atoms with Crippen molar-refractivity contribution in [3.8, 4) is 11.1 Å². The van der Waals surface area contributed by atoms with Gasteiger partial charge >= 0.3 is 0 Å². The summed E-state index contributed by atoms with van der Waals surface area (Å²) < 4.78 is 1.67. The predicted molar refractivity (Wildman–Crippen MR) is 135 cm³/mol. The van der Waals surface area contributed by atoms with Gasteiger partial charge in [0, 0.05) is 37.0 Å². The molecule has 10 nitrogen and oxygen atoms in total. The minimum Gasteiger partial charge on any atom is -0.366 e. The summed E-state index contributed by atoms with van der Waals surface area (Å²) >= 11 is 0. The molecule has 0 spiro atoms. The smallest absolute Gasteiger partial charge is 0.250 e. The van der Waals surface area contributed by atoms with Crippen LogP contribution in [0.3, 0.4) is 0 Å². The standard InChI is InChI=1S/C25H25N9O/c1-2-20-27-13-19-22(17(23(26)35)14-34(19)32-20)15-5-7-16(8-6-15)28-25-29-18-9-10-21(30-24(18)31-25)33-11-3-4-12-33/h5-10,13-14H,2-4,11-12H2,1H3,(H2,26,35)(H2,28,29,30,31). The lowest BCUT2D eigenvalue weighted by Crippen LogP contribution is -2.18. The number of anilines is 3. The number of aromatic amines is 1. The monoisotopic (exact) mass is 467 g/mol. The van der Waals surface area contributed by atoms with Crippen molar-refractivity contribution in [3.05, 3.63) is 60.2 Å². The van der Waals surface area contributed by atoms with Crippen LogP contribution in [0.5, 0.6) is 0 Å². The molecule has 0 atom stereocenters. The summed E-state index contributed by atoms with van der Waals surface area (Å²) in [5, 5.41) is 7.78. The molecular weight excluding hydrogens is 442 g/mol. The van der Waals surface area contributed by atoms with Crippen LogP contribution >= 0.6 is 0 Å². The molecule has 0 unspecified atom stereocenters. The number of aryl methyl sites for hydroxylation is 1. The molecule has 1 aliphatic rings. The van der Waals surface area contributed by atoms with E-state index in [2.05, 4.69) is 30.3 Å². The summed E-state index contributed by atoms with van der Waals surface area (Å²) in [4.78, 5) is 31.5. The van der Waals surface area contributed by atoms with Crippen LogP contribution in [0.15, 0.2) is 48.8 Å². The van der Waals surface area contributed by atoms with Crippen molar-refractivity contribution in [2.75, 3.05) is 23.3 Å². The van der Waals surface area contributed by atoms with E-state index in [9.17, 15) is 4.79 Å². The van der Waals surface area contributed by atoms with Gasteiger partial charge < -0.3 is 20.9 Å². The number of fused-ring (bicyclic) bond motifs is 2. The number of aromatic nitrogens is 6. The summed E-state index contributed by atoms with van der Waals surface area (Å²) in [6, 6.07) is 11.8. The van der Waals surface area contributed by atoms with E-state index in [0.717, 1.165) is 41.2 Å². The molecule has 1 amide bonds. The second-order valence-electron chi connectivity index (χ2n) is 8.66. The Balaban J connectivity index is 1.28. The molecule has 1 aliphatic heterocycles. The van der Waals surface area contributed by atoms with Crippen LogP contribution in [-0.2, 0) is 6.42 Å². The van der Waals surface area contributed by atoms with E-state index >= 15 is 0 Å². The molecule has 35 heavy (non-hydrogen) atoms. The summed E-state index contributed by atoms with van der Waals surface area (Å²) in [5.74, 6) is 1.78. The van der Waals surface area contributed by atoms with E-state index in [-0.39, 0.29) is 0 Å². The Hall–Kier alpha value is -4.47. The Bertz CT molecular complexity index is 1550. The van der Waals surface area contributed by atoms with Crippen molar-refractivity contribution in [1.82, 2.24) is 29.5 Å². The number of benzene rings is 1. The minimum atomic E-state index is -0.506. The largest absolute Gasteiger partial charge is 0.366 e. The zero-order valence-corrected chi connectivity index (χ0v) is 19.3. The molecule has 0 saturated carbocycles. The third-order valence-corrected chi connectivity index (χ3v) is 6.36. The van der Waals surface area contributed by atoms with Crippen LogP contribution in [0.4, 0.5) is 17.5 Å². The lowest BCUT2D eigenvalue weighted by Gasteiger charge is -2.15. The van der Waals surface area contributed by atoms with E-state index in [1.165, 1.54) is 12.8 Å². The first-order valence-electron chi connectivity index (χ1n) is 11.8. The van der Waals surface area contributed by atoms with E-state index in [1.54, 1.807) is 16.9 Å². The van der Waals surface area contributed by atoms with Gasteiger partial charge in [0.25, 0.3) is 5.91 Å². The van der Waals surface area contributed by atoms with Gasteiger partial charge in [-0.05, 0) is 42.7 Å². The normalized spacial score (nSPS) is 13.7. The third kappa shape index (κ3) is 3.82.